The lowest BCUT2D eigenvalue weighted by Gasteiger charge is -2.13. The largest absolute Gasteiger partial charge is 0.456 e. The fourth-order valence-electron chi connectivity index (χ4n) is 16.2. The summed E-state index contributed by atoms with van der Waals surface area (Å²) in [5, 5.41) is 13.3. The summed E-state index contributed by atoms with van der Waals surface area (Å²) in [6, 6.07) is 151. The van der Waals surface area contributed by atoms with E-state index in [4.69, 9.17) is 4.42 Å². The highest BCUT2D eigenvalue weighted by atomic mass is 32.1. The number of furan rings is 1. The molecule has 0 aliphatic carbocycles. The van der Waals surface area contributed by atoms with Crippen molar-refractivity contribution < 1.29 is 4.42 Å². The van der Waals surface area contributed by atoms with Crippen LogP contribution >= 0.6 is 11.3 Å². The number of benzene rings is 18. The van der Waals surface area contributed by atoms with Gasteiger partial charge in [0.25, 0.3) is 0 Å². The molecule has 2 heteroatoms. The quantitative estimate of drug-likeness (QED) is 0.105. The lowest BCUT2D eigenvalue weighted by molar-refractivity contribution is 0.667. The molecule has 0 bridgehead atoms. The SMILES string of the molecule is CC(C)c1ccc(-c2ccccc2)cc1.CC(C)c1ccc(-c2ccccc2)cc1.CC(C)c1ccc2c(c1)oc1ccccc12.CC(C)c1ccc2c(c1)sc1ccccc12.CC(C)c1ccc2c3ccccc3c3ccccc3c2c1.CC(C)c1cccc(-c2ccccc2)c1.CC(C)c1cccc(-c2ccccc2)c1.CC(C)c1ccccc1-c1ccccc1. The topological polar surface area (TPSA) is 13.1 Å². The molecule has 0 spiro atoms. The molecule has 0 N–H and O–H groups in total. The molecule has 0 unspecified atom stereocenters. The van der Waals surface area contributed by atoms with Gasteiger partial charge in [0.05, 0.1) is 0 Å². The van der Waals surface area contributed by atoms with Gasteiger partial charge >= 0.3 is 0 Å². The van der Waals surface area contributed by atoms with Crippen molar-refractivity contribution in [2.75, 3.05) is 0 Å². The van der Waals surface area contributed by atoms with Crippen LogP contribution in [0.2, 0.25) is 0 Å². The Morgan fingerprint density at radius 3 is 0.867 bits per heavy atom. The Hall–Kier alpha value is -13.2. The van der Waals surface area contributed by atoms with E-state index < -0.39 is 0 Å². The Balaban J connectivity index is 0.000000125. The van der Waals surface area contributed by atoms with Gasteiger partial charge in [-0.3, -0.25) is 0 Å². The molecule has 642 valence electrons. The molecule has 20 aromatic rings. The molecule has 2 heterocycles. The fourth-order valence-corrected chi connectivity index (χ4v) is 17.3. The van der Waals surface area contributed by atoms with Gasteiger partial charge in [-0.15, -0.1) is 11.3 Å². The van der Waals surface area contributed by atoms with Gasteiger partial charge in [-0.1, -0.05) is 511 Å². The third-order valence-electron chi connectivity index (χ3n) is 23.9. The summed E-state index contributed by atoms with van der Waals surface area (Å²) in [7, 11) is 0. The first-order valence-electron chi connectivity index (χ1n) is 46.1. The van der Waals surface area contributed by atoms with Gasteiger partial charge in [0.15, 0.2) is 0 Å². The molecule has 0 radical (unpaired) electrons. The zero-order chi connectivity index (χ0) is 90.0. The zero-order valence-electron chi connectivity index (χ0n) is 77.8. The van der Waals surface area contributed by atoms with Crippen LogP contribution in [0.25, 0.3) is 130 Å². The van der Waals surface area contributed by atoms with Crippen molar-refractivity contribution >= 4 is 85.8 Å². The van der Waals surface area contributed by atoms with E-state index in [2.05, 4.69) is 505 Å². The standard InChI is InChI=1S/C21H18.C15H14O.C15H14S.5C15H16/c1-14(2)15-11-12-20-18-9-4-3-7-16(18)17-8-5-6-10-19(17)21(20)13-15;2*1-10(2)11-7-8-13-12-5-3-4-6-14(12)16-15(13)9-11;1-12(2)14-10-6-7-11-15(14)13-8-4-3-5-9-13;2*1-12(2)14-9-6-10-15(11-14)13-7-4-3-5-8-13;2*1-12(2)13-8-10-15(11-9-13)14-6-4-3-5-7-14/h3-14H,1-2H3;2*3-10H,1-2H3;5*3-12H,1-2H3. The van der Waals surface area contributed by atoms with E-state index in [1.807, 2.05) is 41.7 Å². The summed E-state index contributed by atoms with van der Waals surface area (Å²) in [5.41, 5.74) is 26.2. The number of rotatable bonds is 13. The average Bonchev–Trinajstić information content (AvgIpc) is 1.22. The van der Waals surface area contributed by atoms with Crippen molar-refractivity contribution in [3.63, 3.8) is 0 Å². The molecule has 18 aromatic carbocycles. The first-order valence-corrected chi connectivity index (χ1v) is 46.9. The third-order valence-corrected chi connectivity index (χ3v) is 25.1. The summed E-state index contributed by atoms with van der Waals surface area (Å²) in [5.74, 6) is 4.67. The Labute approximate surface area is 767 Å². The van der Waals surface area contributed by atoms with E-state index in [1.165, 1.54) is 163 Å². The molecule has 0 atom stereocenters. The minimum atomic E-state index is 0.539. The third kappa shape index (κ3) is 24.3. The van der Waals surface area contributed by atoms with E-state index in [1.54, 1.807) is 0 Å². The van der Waals surface area contributed by atoms with Gasteiger partial charge in [-0.05, 0) is 204 Å². The number of hydrogen-bond acceptors (Lipinski definition) is 2. The predicted molar refractivity (Wildman–Crippen MR) is 564 cm³/mol. The molecule has 1 nitrogen and oxygen atoms in total. The lowest BCUT2D eigenvalue weighted by Crippen LogP contribution is -1.91. The van der Waals surface area contributed by atoms with Crippen molar-refractivity contribution in [3.05, 3.63) is 469 Å². The molecule has 0 aliphatic rings. The fraction of sp³-hybridized carbons (Fsp3) is 0.190. The van der Waals surface area contributed by atoms with Crippen molar-refractivity contribution in [1.29, 1.82) is 0 Å². The highest BCUT2D eigenvalue weighted by molar-refractivity contribution is 7.25. The summed E-state index contributed by atoms with van der Waals surface area (Å²) in [6.45, 7) is 35.7. The second-order valence-electron chi connectivity index (χ2n) is 35.8. The molecule has 0 saturated carbocycles. The Morgan fingerprint density at radius 2 is 0.438 bits per heavy atom. The van der Waals surface area contributed by atoms with Crippen LogP contribution in [0.4, 0.5) is 0 Å². The van der Waals surface area contributed by atoms with Crippen molar-refractivity contribution in [2.24, 2.45) is 0 Å². The first-order chi connectivity index (χ1) is 62.1. The van der Waals surface area contributed by atoms with Crippen molar-refractivity contribution in [2.45, 2.75) is 158 Å². The molecule has 0 fully saturated rings. The summed E-state index contributed by atoms with van der Waals surface area (Å²) >= 11 is 1.89. The maximum absolute atomic E-state index is 5.84. The smallest absolute Gasteiger partial charge is 0.135 e. The van der Waals surface area contributed by atoms with E-state index in [0.717, 1.165) is 11.2 Å². The molecule has 20 rings (SSSR count). The normalized spacial score (nSPS) is 11.1. The monoisotopic (exact) mass is 1690 g/mol. The number of hydrogen-bond donors (Lipinski definition) is 0. The van der Waals surface area contributed by atoms with Crippen LogP contribution in [0.1, 0.15) is 203 Å². The van der Waals surface area contributed by atoms with Gasteiger partial charge in [-0.25, -0.2) is 0 Å². The van der Waals surface area contributed by atoms with Gasteiger partial charge < -0.3 is 4.42 Å². The van der Waals surface area contributed by atoms with E-state index in [-0.39, 0.29) is 0 Å². The Bertz CT molecular complexity index is 6500. The van der Waals surface area contributed by atoms with Crippen LogP contribution in [0.15, 0.2) is 429 Å². The highest BCUT2D eigenvalue weighted by Crippen LogP contribution is 2.40. The van der Waals surface area contributed by atoms with Crippen LogP contribution in [0.5, 0.6) is 0 Å². The average molecular weight is 1690 g/mol. The zero-order valence-corrected chi connectivity index (χ0v) is 78.7. The first kappa shape index (κ1) is 92.4. The van der Waals surface area contributed by atoms with E-state index in [0.29, 0.717) is 47.3 Å². The molecule has 0 saturated heterocycles. The van der Waals surface area contributed by atoms with Crippen LogP contribution in [0, 0.1) is 0 Å². The minimum Gasteiger partial charge on any atom is -0.456 e. The van der Waals surface area contributed by atoms with Crippen LogP contribution in [0.3, 0.4) is 0 Å². The number of thiophene rings is 1. The van der Waals surface area contributed by atoms with Gasteiger partial charge in [0, 0.05) is 30.9 Å². The van der Waals surface area contributed by atoms with Crippen LogP contribution in [-0.2, 0) is 0 Å². The number of para-hydroxylation sites is 1. The van der Waals surface area contributed by atoms with Gasteiger partial charge in [0.1, 0.15) is 11.2 Å². The Morgan fingerprint density at radius 1 is 0.156 bits per heavy atom. The molecule has 2 aromatic heterocycles. The van der Waals surface area contributed by atoms with Crippen LogP contribution < -0.4 is 0 Å². The molecular weight excluding hydrogens is 1560 g/mol. The highest BCUT2D eigenvalue weighted by Gasteiger charge is 2.14. The second kappa shape index (κ2) is 45.3. The molecule has 128 heavy (non-hydrogen) atoms. The maximum Gasteiger partial charge on any atom is 0.135 e. The summed E-state index contributed by atoms with van der Waals surface area (Å²) < 4.78 is 8.64. The molecule has 0 amide bonds. The van der Waals surface area contributed by atoms with Crippen molar-refractivity contribution in [1.82, 2.24) is 0 Å². The van der Waals surface area contributed by atoms with Gasteiger partial charge in [-0.2, -0.15) is 0 Å². The summed E-state index contributed by atoms with van der Waals surface area (Å²) in [4.78, 5) is 0. The van der Waals surface area contributed by atoms with Gasteiger partial charge in [0.2, 0.25) is 0 Å². The van der Waals surface area contributed by atoms with Crippen molar-refractivity contribution in [3.8, 4) is 55.6 Å². The van der Waals surface area contributed by atoms with E-state index in [9.17, 15) is 0 Å². The summed E-state index contributed by atoms with van der Waals surface area (Å²) in [6.07, 6.45) is 0. The number of fused-ring (bicyclic) bond motifs is 12. The minimum absolute atomic E-state index is 0.539. The molecular formula is C126H126OS. The Kier molecular flexibility index (Phi) is 32.7. The van der Waals surface area contributed by atoms with E-state index >= 15 is 0 Å². The molecule has 0 aliphatic heterocycles. The maximum atomic E-state index is 5.84. The lowest BCUT2D eigenvalue weighted by atomic mass is 9.91. The predicted octanol–water partition coefficient (Wildman–Crippen LogP) is 38.5. The second-order valence-corrected chi connectivity index (χ2v) is 36.8. The van der Waals surface area contributed by atoms with Crippen LogP contribution in [-0.4, -0.2) is 0 Å².